The van der Waals surface area contributed by atoms with Crippen molar-refractivity contribution in [2.24, 2.45) is 0 Å². The molecule has 0 N–H and O–H groups in total. The van der Waals surface area contributed by atoms with Gasteiger partial charge in [0.15, 0.2) is 5.65 Å². The third-order valence-corrected chi connectivity index (χ3v) is 7.47. The Bertz CT molecular complexity index is 1300. The molecular weight excluding hydrogens is 426 g/mol. The Morgan fingerprint density at radius 1 is 0.912 bits per heavy atom. The summed E-state index contributed by atoms with van der Waals surface area (Å²) in [6.45, 7) is 6.72. The maximum Gasteiger partial charge on any atom is 0.162 e. The van der Waals surface area contributed by atoms with Crippen LogP contribution in [0.15, 0.2) is 49.1 Å². The molecule has 0 amide bonds. The number of nitrogens with zero attached hydrogens (tertiary/aromatic N) is 7. The molecule has 34 heavy (non-hydrogen) atoms. The first-order valence-electron chi connectivity index (χ1n) is 12.1. The van der Waals surface area contributed by atoms with Crippen molar-refractivity contribution in [3.63, 3.8) is 0 Å². The van der Waals surface area contributed by atoms with Gasteiger partial charge in [-0.1, -0.05) is 0 Å². The number of hydrogen-bond acceptors (Lipinski definition) is 7. The van der Waals surface area contributed by atoms with Crippen LogP contribution in [0, 0.1) is 0 Å². The van der Waals surface area contributed by atoms with Crippen LogP contribution in [0.1, 0.15) is 12.8 Å². The number of piperidine rings is 1. The van der Waals surface area contributed by atoms with Crippen molar-refractivity contribution >= 4 is 22.2 Å². The maximum absolute atomic E-state index is 5.44. The van der Waals surface area contributed by atoms with Crippen molar-refractivity contribution < 1.29 is 4.74 Å². The summed E-state index contributed by atoms with van der Waals surface area (Å²) in [7, 11) is 3.91. The number of hydrogen-bond donors (Lipinski definition) is 0. The summed E-state index contributed by atoms with van der Waals surface area (Å²) in [4.78, 5) is 16.9. The Hall–Kier alpha value is -3.23. The number of fused-ring (bicyclic) bond motifs is 2. The number of rotatable bonds is 4. The topological polar surface area (TPSA) is 62.0 Å². The summed E-state index contributed by atoms with van der Waals surface area (Å²) in [5.41, 5.74) is 4.97. The number of methoxy groups -OCH3 is 1. The monoisotopic (exact) mass is 457 g/mol. The lowest BCUT2D eigenvalue weighted by Gasteiger charge is -2.42. The van der Waals surface area contributed by atoms with Gasteiger partial charge in [0, 0.05) is 49.4 Å². The molecule has 0 saturated carbocycles. The number of pyridine rings is 1. The zero-order valence-electron chi connectivity index (χ0n) is 19.9. The van der Waals surface area contributed by atoms with Crippen molar-refractivity contribution in [1.29, 1.82) is 0 Å². The molecule has 0 bridgehead atoms. The molecule has 3 aromatic heterocycles. The normalized spacial score (nSPS) is 18.7. The van der Waals surface area contributed by atoms with Crippen LogP contribution in [0.5, 0.6) is 5.75 Å². The van der Waals surface area contributed by atoms with E-state index in [4.69, 9.17) is 9.72 Å². The van der Waals surface area contributed by atoms with E-state index in [9.17, 15) is 0 Å². The quantitative estimate of drug-likeness (QED) is 0.466. The predicted octanol–water partition coefficient (Wildman–Crippen LogP) is 3.17. The molecule has 8 heteroatoms. The molecular formula is C26H31N7O. The number of likely N-dealkylation sites (tertiary alicyclic amines) is 1. The van der Waals surface area contributed by atoms with E-state index in [-0.39, 0.29) is 0 Å². The maximum atomic E-state index is 5.44. The first-order valence-corrected chi connectivity index (χ1v) is 12.1. The lowest BCUT2D eigenvalue weighted by Crippen LogP contribution is -2.53. The fourth-order valence-electron chi connectivity index (χ4n) is 5.41. The van der Waals surface area contributed by atoms with E-state index in [1.807, 2.05) is 47.4 Å². The number of benzene rings is 1. The average molecular weight is 458 g/mol. The van der Waals surface area contributed by atoms with Crippen LogP contribution in [-0.4, -0.2) is 88.8 Å². The largest absolute Gasteiger partial charge is 0.497 e. The molecule has 0 unspecified atom stereocenters. The Labute approximate surface area is 199 Å². The van der Waals surface area contributed by atoms with E-state index in [1.54, 1.807) is 7.11 Å². The van der Waals surface area contributed by atoms with Crippen LogP contribution in [0.4, 0.5) is 5.69 Å². The fraction of sp³-hybridized carbons (Fsp3) is 0.423. The highest BCUT2D eigenvalue weighted by Crippen LogP contribution is 2.32. The molecule has 6 rings (SSSR count). The molecule has 4 aromatic rings. The van der Waals surface area contributed by atoms with E-state index < -0.39 is 0 Å². The third kappa shape index (κ3) is 3.86. The molecule has 1 aromatic carbocycles. The van der Waals surface area contributed by atoms with Crippen molar-refractivity contribution in [3.05, 3.63) is 49.1 Å². The Morgan fingerprint density at radius 2 is 1.74 bits per heavy atom. The van der Waals surface area contributed by atoms with E-state index in [0.717, 1.165) is 71.3 Å². The van der Waals surface area contributed by atoms with Gasteiger partial charge in [0.05, 0.1) is 36.9 Å². The van der Waals surface area contributed by atoms with Gasteiger partial charge in [-0.25, -0.2) is 9.50 Å². The third-order valence-electron chi connectivity index (χ3n) is 7.47. The van der Waals surface area contributed by atoms with Crippen LogP contribution in [0.3, 0.4) is 0 Å². The summed E-state index contributed by atoms with van der Waals surface area (Å²) in [5.74, 6) is 0.813. The summed E-state index contributed by atoms with van der Waals surface area (Å²) in [6.07, 6.45) is 10.4. The van der Waals surface area contributed by atoms with Crippen LogP contribution >= 0.6 is 0 Å². The van der Waals surface area contributed by atoms with Crippen LogP contribution in [0.25, 0.3) is 27.7 Å². The van der Waals surface area contributed by atoms with Gasteiger partial charge in [0.2, 0.25) is 0 Å². The number of anilines is 1. The molecule has 5 heterocycles. The van der Waals surface area contributed by atoms with Crippen molar-refractivity contribution in [3.8, 4) is 16.9 Å². The molecule has 2 saturated heterocycles. The van der Waals surface area contributed by atoms with Gasteiger partial charge >= 0.3 is 0 Å². The van der Waals surface area contributed by atoms with Gasteiger partial charge in [0.25, 0.3) is 0 Å². The summed E-state index contributed by atoms with van der Waals surface area (Å²) < 4.78 is 7.34. The van der Waals surface area contributed by atoms with Gasteiger partial charge in [-0.2, -0.15) is 5.10 Å². The first kappa shape index (κ1) is 21.3. The second-order valence-corrected chi connectivity index (χ2v) is 9.44. The number of aromatic nitrogens is 4. The standard InChI is InChI=1S/C26H31N7O/c1-30-9-6-19(7-10-30)31-11-13-32(14-12-31)20-16-28-26-24(17-29-33(26)18-20)22-5-8-27-25-4-3-21(34-2)15-23(22)25/h3-5,8,15-19H,6-7,9-14H2,1-2H3. The van der Waals surface area contributed by atoms with Crippen molar-refractivity contribution in [2.75, 3.05) is 58.3 Å². The van der Waals surface area contributed by atoms with Gasteiger partial charge in [-0.15, -0.1) is 0 Å². The second kappa shape index (κ2) is 8.85. The van der Waals surface area contributed by atoms with Gasteiger partial charge in [-0.3, -0.25) is 9.88 Å². The SMILES string of the molecule is COc1ccc2nccc(-c3cnn4cc(N5CCN(C6CCN(C)CC6)CC5)cnc34)c2c1. The predicted molar refractivity (Wildman–Crippen MR) is 135 cm³/mol. The van der Waals surface area contributed by atoms with E-state index in [1.165, 1.54) is 25.9 Å². The minimum atomic E-state index is 0.737. The average Bonchev–Trinajstić information content (AvgIpc) is 3.31. The number of ether oxygens (including phenoxy) is 1. The lowest BCUT2D eigenvalue weighted by atomic mass is 10.0. The molecule has 0 radical (unpaired) electrons. The smallest absolute Gasteiger partial charge is 0.162 e. The summed E-state index contributed by atoms with van der Waals surface area (Å²) >= 11 is 0. The fourth-order valence-corrected chi connectivity index (χ4v) is 5.41. The highest BCUT2D eigenvalue weighted by molar-refractivity contribution is 5.98. The molecule has 2 aliphatic heterocycles. The van der Waals surface area contributed by atoms with Crippen molar-refractivity contribution in [2.45, 2.75) is 18.9 Å². The zero-order chi connectivity index (χ0) is 23.1. The number of piperazine rings is 1. The lowest BCUT2D eigenvalue weighted by molar-refractivity contribution is 0.115. The minimum Gasteiger partial charge on any atom is -0.497 e. The van der Waals surface area contributed by atoms with E-state index >= 15 is 0 Å². The Morgan fingerprint density at radius 3 is 2.53 bits per heavy atom. The molecule has 0 atom stereocenters. The summed E-state index contributed by atoms with van der Waals surface area (Å²) in [5, 5.41) is 5.69. The highest BCUT2D eigenvalue weighted by atomic mass is 16.5. The molecule has 8 nitrogen and oxygen atoms in total. The molecule has 2 aliphatic rings. The van der Waals surface area contributed by atoms with E-state index in [2.05, 4.69) is 38.0 Å². The van der Waals surface area contributed by atoms with Gasteiger partial charge in [0.1, 0.15) is 5.75 Å². The van der Waals surface area contributed by atoms with Gasteiger partial charge < -0.3 is 14.5 Å². The zero-order valence-corrected chi connectivity index (χ0v) is 19.9. The van der Waals surface area contributed by atoms with Crippen LogP contribution < -0.4 is 9.64 Å². The minimum absolute atomic E-state index is 0.737. The van der Waals surface area contributed by atoms with Crippen LogP contribution in [-0.2, 0) is 0 Å². The molecule has 0 spiro atoms. The Kier molecular flexibility index (Phi) is 5.55. The Balaban J connectivity index is 1.23. The second-order valence-electron chi connectivity index (χ2n) is 9.44. The van der Waals surface area contributed by atoms with Crippen LogP contribution in [0.2, 0.25) is 0 Å². The van der Waals surface area contributed by atoms with Crippen molar-refractivity contribution in [1.82, 2.24) is 29.4 Å². The molecule has 2 fully saturated rings. The summed E-state index contributed by atoms with van der Waals surface area (Å²) in [6, 6.07) is 8.71. The van der Waals surface area contributed by atoms with Gasteiger partial charge in [-0.05, 0) is 62.8 Å². The molecule has 0 aliphatic carbocycles. The van der Waals surface area contributed by atoms with E-state index in [0.29, 0.717) is 0 Å². The highest BCUT2D eigenvalue weighted by Gasteiger charge is 2.27. The first-order chi connectivity index (χ1) is 16.7. The molecule has 176 valence electrons.